The summed E-state index contributed by atoms with van der Waals surface area (Å²) in [6.07, 6.45) is 3.40. The Balaban J connectivity index is 1.64. The monoisotopic (exact) mass is 307 g/mol. The predicted octanol–water partition coefficient (Wildman–Crippen LogP) is 3.36. The molecule has 112 valence electrons. The van der Waals surface area contributed by atoms with Crippen LogP contribution in [-0.2, 0) is 5.75 Å². The van der Waals surface area contributed by atoms with Gasteiger partial charge in [0, 0.05) is 10.9 Å². The second-order valence-corrected chi connectivity index (χ2v) is 6.22. The average Bonchev–Trinajstić information content (AvgIpc) is 3.14. The zero-order valence-electron chi connectivity index (χ0n) is 11.9. The molecule has 1 aromatic heterocycles. The Labute approximate surface area is 127 Å². The second kappa shape index (κ2) is 6.58. The standard InChI is InChI=1S/C15H18FN3OS/c1-17-12-7-4-5-10(12)15-18-14(19-20-15)9-21-13-8-3-2-6-11(13)16/h2-3,6,8,10,12,17H,4-5,7,9H2,1H3. The van der Waals surface area contributed by atoms with Gasteiger partial charge in [-0.1, -0.05) is 23.7 Å². The highest BCUT2D eigenvalue weighted by molar-refractivity contribution is 7.98. The largest absolute Gasteiger partial charge is 0.339 e. The van der Waals surface area contributed by atoms with E-state index in [4.69, 9.17) is 4.52 Å². The summed E-state index contributed by atoms with van der Waals surface area (Å²) >= 11 is 1.39. The van der Waals surface area contributed by atoms with Crippen molar-refractivity contribution in [1.82, 2.24) is 15.5 Å². The number of hydrogen-bond acceptors (Lipinski definition) is 5. The van der Waals surface area contributed by atoms with Gasteiger partial charge >= 0.3 is 0 Å². The van der Waals surface area contributed by atoms with Gasteiger partial charge in [-0.15, -0.1) is 11.8 Å². The van der Waals surface area contributed by atoms with E-state index in [-0.39, 0.29) is 5.82 Å². The van der Waals surface area contributed by atoms with Crippen LogP contribution in [0.15, 0.2) is 33.7 Å². The normalized spacial score (nSPS) is 21.8. The third-order valence-electron chi connectivity index (χ3n) is 3.88. The van der Waals surface area contributed by atoms with Crippen LogP contribution in [-0.4, -0.2) is 23.2 Å². The highest BCUT2D eigenvalue weighted by Gasteiger charge is 2.31. The minimum absolute atomic E-state index is 0.211. The van der Waals surface area contributed by atoms with Gasteiger partial charge < -0.3 is 9.84 Å². The van der Waals surface area contributed by atoms with Crippen molar-refractivity contribution in [2.75, 3.05) is 7.05 Å². The maximum atomic E-state index is 13.5. The molecule has 1 aromatic carbocycles. The maximum absolute atomic E-state index is 13.5. The van der Waals surface area contributed by atoms with Gasteiger partial charge in [-0.3, -0.25) is 0 Å². The number of likely N-dealkylation sites (N-methyl/N-ethyl adjacent to an activating group) is 1. The SMILES string of the molecule is CNC1CCCC1c1nc(CSc2ccccc2F)no1. The molecule has 1 aliphatic carbocycles. The van der Waals surface area contributed by atoms with Gasteiger partial charge in [-0.25, -0.2) is 4.39 Å². The fourth-order valence-electron chi connectivity index (χ4n) is 2.78. The molecule has 2 aromatic rings. The molecule has 6 heteroatoms. The van der Waals surface area contributed by atoms with E-state index in [0.717, 1.165) is 12.8 Å². The summed E-state index contributed by atoms with van der Waals surface area (Å²) in [6.45, 7) is 0. The van der Waals surface area contributed by atoms with Gasteiger partial charge in [0.1, 0.15) is 5.82 Å². The van der Waals surface area contributed by atoms with Crippen molar-refractivity contribution >= 4 is 11.8 Å². The number of aromatic nitrogens is 2. The molecular formula is C15H18FN3OS. The smallest absolute Gasteiger partial charge is 0.231 e. The summed E-state index contributed by atoms with van der Waals surface area (Å²) in [5.74, 6) is 1.93. The lowest BCUT2D eigenvalue weighted by atomic mass is 10.0. The highest BCUT2D eigenvalue weighted by atomic mass is 32.2. The van der Waals surface area contributed by atoms with Crippen LogP contribution in [0.4, 0.5) is 4.39 Å². The Morgan fingerprint density at radius 1 is 1.38 bits per heavy atom. The minimum Gasteiger partial charge on any atom is -0.339 e. The quantitative estimate of drug-likeness (QED) is 0.858. The van der Waals surface area contributed by atoms with Crippen molar-refractivity contribution in [2.45, 2.75) is 41.9 Å². The summed E-state index contributed by atoms with van der Waals surface area (Å²) in [5.41, 5.74) is 0. The molecule has 1 fully saturated rings. The molecule has 3 rings (SSSR count). The Hall–Kier alpha value is -1.40. The van der Waals surface area contributed by atoms with Crippen LogP contribution in [0.5, 0.6) is 0 Å². The Morgan fingerprint density at radius 3 is 3.05 bits per heavy atom. The van der Waals surface area contributed by atoms with Crippen molar-refractivity contribution in [2.24, 2.45) is 0 Å². The lowest BCUT2D eigenvalue weighted by molar-refractivity contribution is 0.333. The molecule has 0 radical (unpaired) electrons. The minimum atomic E-state index is -0.211. The van der Waals surface area contributed by atoms with E-state index in [1.807, 2.05) is 13.1 Å². The van der Waals surface area contributed by atoms with Gasteiger partial charge in [-0.2, -0.15) is 4.98 Å². The van der Waals surface area contributed by atoms with Gasteiger partial charge in [0.05, 0.1) is 11.7 Å². The van der Waals surface area contributed by atoms with Crippen LogP contribution < -0.4 is 5.32 Å². The molecular weight excluding hydrogens is 289 g/mol. The van der Waals surface area contributed by atoms with E-state index in [1.54, 1.807) is 12.1 Å². The third-order valence-corrected chi connectivity index (χ3v) is 4.93. The lowest BCUT2D eigenvalue weighted by Crippen LogP contribution is -2.27. The molecule has 0 spiro atoms. The highest BCUT2D eigenvalue weighted by Crippen LogP contribution is 2.34. The first kappa shape index (κ1) is 14.5. The van der Waals surface area contributed by atoms with Crippen LogP contribution >= 0.6 is 11.8 Å². The number of hydrogen-bond donors (Lipinski definition) is 1. The van der Waals surface area contributed by atoms with Crippen molar-refractivity contribution in [3.05, 3.63) is 41.8 Å². The first-order valence-electron chi connectivity index (χ1n) is 7.15. The van der Waals surface area contributed by atoms with Crippen LogP contribution in [0.1, 0.15) is 36.9 Å². The molecule has 1 heterocycles. The topological polar surface area (TPSA) is 51.0 Å². The summed E-state index contributed by atoms with van der Waals surface area (Å²) in [7, 11) is 1.97. The van der Waals surface area contributed by atoms with Crippen LogP contribution in [0.25, 0.3) is 0 Å². The number of thioether (sulfide) groups is 1. The third kappa shape index (κ3) is 3.27. The Bertz CT molecular complexity index is 604. The van der Waals surface area contributed by atoms with Crippen LogP contribution in [0.2, 0.25) is 0 Å². The van der Waals surface area contributed by atoms with E-state index >= 15 is 0 Å². The maximum Gasteiger partial charge on any atom is 0.231 e. The molecule has 1 aliphatic rings. The zero-order chi connectivity index (χ0) is 14.7. The van der Waals surface area contributed by atoms with Gasteiger partial charge in [0.25, 0.3) is 0 Å². The molecule has 21 heavy (non-hydrogen) atoms. The summed E-state index contributed by atoms with van der Waals surface area (Å²) < 4.78 is 18.9. The number of benzene rings is 1. The first-order chi connectivity index (χ1) is 10.3. The van der Waals surface area contributed by atoms with Crippen molar-refractivity contribution in [3.63, 3.8) is 0 Å². The molecule has 1 saturated carbocycles. The molecule has 0 bridgehead atoms. The molecule has 4 nitrogen and oxygen atoms in total. The van der Waals surface area contributed by atoms with E-state index < -0.39 is 0 Å². The Morgan fingerprint density at radius 2 is 2.24 bits per heavy atom. The number of rotatable bonds is 5. The number of nitrogens with one attached hydrogen (secondary N) is 1. The van der Waals surface area contributed by atoms with Gasteiger partial charge in [0.15, 0.2) is 5.82 Å². The van der Waals surface area contributed by atoms with Crippen LogP contribution in [0, 0.1) is 5.82 Å². The summed E-state index contributed by atoms with van der Waals surface area (Å²) in [4.78, 5) is 5.08. The van der Waals surface area contributed by atoms with Crippen LogP contribution in [0.3, 0.4) is 0 Å². The van der Waals surface area contributed by atoms with E-state index in [9.17, 15) is 4.39 Å². The molecule has 1 N–H and O–H groups in total. The lowest BCUT2D eigenvalue weighted by Gasteiger charge is -2.14. The number of nitrogens with zero attached hydrogens (tertiary/aromatic N) is 2. The molecule has 0 amide bonds. The van der Waals surface area contributed by atoms with Crippen molar-refractivity contribution < 1.29 is 8.91 Å². The first-order valence-corrected chi connectivity index (χ1v) is 8.13. The fraction of sp³-hybridized carbons (Fsp3) is 0.467. The molecule has 2 atom stereocenters. The zero-order valence-corrected chi connectivity index (χ0v) is 12.7. The average molecular weight is 307 g/mol. The molecule has 0 saturated heterocycles. The number of halogens is 1. The summed E-state index contributed by atoms with van der Waals surface area (Å²) in [6, 6.07) is 7.14. The molecule has 0 aliphatic heterocycles. The van der Waals surface area contributed by atoms with E-state index in [1.165, 1.54) is 24.2 Å². The van der Waals surface area contributed by atoms with E-state index in [2.05, 4.69) is 15.5 Å². The van der Waals surface area contributed by atoms with Crippen molar-refractivity contribution in [1.29, 1.82) is 0 Å². The van der Waals surface area contributed by atoms with Gasteiger partial charge in [-0.05, 0) is 32.0 Å². The molecule has 2 unspecified atom stereocenters. The Kier molecular flexibility index (Phi) is 4.55. The fourth-order valence-corrected chi connectivity index (χ4v) is 3.56. The second-order valence-electron chi connectivity index (χ2n) is 5.20. The predicted molar refractivity (Wildman–Crippen MR) is 79.7 cm³/mol. The summed E-state index contributed by atoms with van der Waals surface area (Å²) in [5, 5.41) is 7.32. The van der Waals surface area contributed by atoms with Crippen molar-refractivity contribution in [3.8, 4) is 0 Å². The van der Waals surface area contributed by atoms with Gasteiger partial charge in [0.2, 0.25) is 5.89 Å². The van der Waals surface area contributed by atoms with E-state index in [0.29, 0.717) is 34.3 Å².